The van der Waals surface area contributed by atoms with Crippen molar-refractivity contribution in [1.82, 2.24) is 0 Å². The van der Waals surface area contributed by atoms with Gasteiger partial charge in [-0.2, -0.15) is 0 Å². The molecule has 0 bridgehead atoms. The number of methoxy groups -OCH3 is 2. The molecule has 0 unspecified atom stereocenters. The van der Waals surface area contributed by atoms with Gasteiger partial charge in [-0.3, -0.25) is 4.79 Å². The second-order valence-electron chi connectivity index (χ2n) is 19.8. The van der Waals surface area contributed by atoms with Crippen LogP contribution in [0, 0.1) is 11.8 Å². The monoisotopic (exact) mass is 767 g/mol. The summed E-state index contributed by atoms with van der Waals surface area (Å²) in [5.41, 5.74) is 1.06. The average molecular weight is 767 g/mol. The third-order valence-electron chi connectivity index (χ3n) is 12.8. The zero-order chi connectivity index (χ0) is 39.2. The number of benzene rings is 1. The molecule has 0 aromatic heterocycles. The molecule has 10 heteroatoms. The predicted molar refractivity (Wildman–Crippen MR) is 220 cm³/mol. The fraction of sp³-hybridized carbons (Fsp3) is 0.829. The molecule has 1 aromatic rings. The standard InChI is InChI=1S/C41H78O7Si3/c1-30(35(25-26-46-49(13,14)39(2,3)4)45-29-31-19-22-33(43-11)23-20-31)38(48-51(17,18)41(8,9)10)34(42)27-32-21-24-36(37(28-32)44-12)47-50(15,16)40(5,6)7/h19-20,22-23,30,32,35-38H,21,24-29H2,1-18H3/t30-,32+,35+,36-,37-,38+/m1/s1. The highest BCUT2D eigenvalue weighted by Gasteiger charge is 2.46. The van der Waals surface area contributed by atoms with Crippen LogP contribution in [-0.4, -0.2) is 76.0 Å². The normalized spacial score (nSPS) is 21.6. The smallest absolute Gasteiger partial charge is 0.193 e. The molecule has 296 valence electrons. The first-order valence-corrected chi connectivity index (χ1v) is 28.2. The minimum atomic E-state index is -2.32. The van der Waals surface area contributed by atoms with Crippen LogP contribution >= 0.6 is 0 Å². The summed E-state index contributed by atoms with van der Waals surface area (Å²) in [6, 6.07) is 8.01. The highest BCUT2D eigenvalue weighted by atomic mass is 28.4. The van der Waals surface area contributed by atoms with E-state index in [0.29, 0.717) is 26.1 Å². The van der Waals surface area contributed by atoms with Crippen molar-refractivity contribution in [2.75, 3.05) is 20.8 Å². The number of hydrogen-bond acceptors (Lipinski definition) is 7. The van der Waals surface area contributed by atoms with Gasteiger partial charge in [0.15, 0.2) is 30.7 Å². The van der Waals surface area contributed by atoms with Crippen molar-refractivity contribution in [2.45, 2.75) is 187 Å². The fourth-order valence-electron chi connectivity index (χ4n) is 5.93. The number of hydrogen-bond donors (Lipinski definition) is 0. The molecule has 0 saturated heterocycles. The van der Waals surface area contributed by atoms with Crippen LogP contribution in [0.5, 0.6) is 5.75 Å². The highest BCUT2D eigenvalue weighted by molar-refractivity contribution is 6.75. The lowest BCUT2D eigenvalue weighted by Crippen LogP contribution is -2.51. The van der Waals surface area contributed by atoms with E-state index in [1.165, 1.54) is 0 Å². The Kier molecular flexibility index (Phi) is 16.5. The van der Waals surface area contributed by atoms with E-state index < -0.39 is 31.1 Å². The summed E-state index contributed by atoms with van der Waals surface area (Å²) in [7, 11) is -2.78. The van der Waals surface area contributed by atoms with Crippen LogP contribution in [0.4, 0.5) is 0 Å². The summed E-state index contributed by atoms with van der Waals surface area (Å²) in [6.07, 6.45) is 3.10. The Labute approximate surface area is 317 Å². The van der Waals surface area contributed by atoms with E-state index in [0.717, 1.165) is 30.6 Å². The van der Waals surface area contributed by atoms with Crippen LogP contribution in [0.25, 0.3) is 0 Å². The van der Waals surface area contributed by atoms with Crippen LogP contribution < -0.4 is 4.74 Å². The minimum Gasteiger partial charge on any atom is -0.497 e. The van der Waals surface area contributed by atoms with Gasteiger partial charge in [0.1, 0.15) is 11.9 Å². The fourth-order valence-corrected chi connectivity index (χ4v) is 9.71. The molecular formula is C41H78O7Si3. The lowest BCUT2D eigenvalue weighted by molar-refractivity contribution is -0.135. The Bertz CT molecular complexity index is 1210. The summed E-state index contributed by atoms with van der Waals surface area (Å²) in [5.74, 6) is 1.06. The third kappa shape index (κ3) is 13.1. The summed E-state index contributed by atoms with van der Waals surface area (Å²) in [4.78, 5) is 14.6. The van der Waals surface area contributed by atoms with E-state index in [4.69, 9.17) is 27.5 Å². The van der Waals surface area contributed by atoms with Crippen molar-refractivity contribution >= 4 is 30.7 Å². The molecule has 1 saturated carbocycles. The van der Waals surface area contributed by atoms with E-state index in [1.807, 2.05) is 24.3 Å². The molecule has 1 aliphatic rings. The zero-order valence-corrected chi connectivity index (χ0v) is 39.1. The minimum absolute atomic E-state index is 0.0177. The summed E-state index contributed by atoms with van der Waals surface area (Å²) in [5, 5.41) is 0.192. The SMILES string of the molecule is COc1ccc(CO[C@@H](CCO[Si](C)(C)C(C)(C)C)[C@@H](C)[C@H](O[Si](C)(C)C(C)(C)C)C(=O)C[C@@H]2CC[C@@H](O[Si](C)(C)C(C)(C)C)[C@H](OC)C2)cc1. The summed E-state index contributed by atoms with van der Waals surface area (Å²) >= 11 is 0. The molecule has 7 nitrogen and oxygen atoms in total. The molecule has 1 fully saturated rings. The van der Waals surface area contributed by atoms with Crippen LogP contribution in [0.15, 0.2) is 24.3 Å². The molecule has 0 spiro atoms. The number of rotatable bonds is 18. The van der Waals surface area contributed by atoms with Gasteiger partial charge in [-0.25, -0.2) is 0 Å². The van der Waals surface area contributed by atoms with Gasteiger partial charge >= 0.3 is 0 Å². The third-order valence-corrected chi connectivity index (χ3v) is 26.3. The average Bonchev–Trinajstić information content (AvgIpc) is 3.00. The van der Waals surface area contributed by atoms with Crippen LogP contribution in [0.3, 0.4) is 0 Å². The second-order valence-corrected chi connectivity index (χ2v) is 34.1. The van der Waals surface area contributed by atoms with Crippen LogP contribution in [-0.2, 0) is 34.2 Å². The maximum Gasteiger partial charge on any atom is 0.193 e. The Morgan fingerprint density at radius 2 is 1.33 bits per heavy atom. The maximum atomic E-state index is 14.6. The van der Waals surface area contributed by atoms with Gasteiger partial charge in [-0.05, 0) is 104 Å². The van der Waals surface area contributed by atoms with Crippen molar-refractivity contribution in [3.8, 4) is 5.75 Å². The van der Waals surface area contributed by atoms with Crippen LogP contribution in [0.1, 0.15) is 107 Å². The Morgan fingerprint density at radius 1 is 0.784 bits per heavy atom. The first kappa shape index (κ1) is 46.3. The van der Waals surface area contributed by atoms with Crippen LogP contribution in [0.2, 0.25) is 54.4 Å². The Morgan fingerprint density at radius 3 is 1.82 bits per heavy atom. The Balaban J connectivity index is 2.37. The molecule has 0 amide bonds. The maximum absolute atomic E-state index is 14.6. The lowest BCUT2D eigenvalue weighted by Gasteiger charge is -2.44. The van der Waals surface area contributed by atoms with Crippen molar-refractivity contribution in [3.63, 3.8) is 0 Å². The molecule has 51 heavy (non-hydrogen) atoms. The van der Waals surface area contributed by atoms with E-state index in [9.17, 15) is 4.79 Å². The van der Waals surface area contributed by atoms with Gasteiger partial charge in [0.2, 0.25) is 0 Å². The number of ketones is 1. The van der Waals surface area contributed by atoms with Crippen molar-refractivity contribution in [1.29, 1.82) is 0 Å². The van der Waals surface area contributed by atoms with E-state index in [-0.39, 0.29) is 51.0 Å². The van der Waals surface area contributed by atoms with Gasteiger partial charge in [0.25, 0.3) is 0 Å². The highest BCUT2D eigenvalue weighted by Crippen LogP contribution is 2.43. The quantitative estimate of drug-likeness (QED) is 0.138. The number of Topliss-reactive ketones (excluding diaryl/α,β-unsaturated/α-hetero) is 1. The van der Waals surface area contributed by atoms with Crippen molar-refractivity contribution < 1.29 is 32.3 Å². The zero-order valence-electron chi connectivity index (χ0n) is 36.1. The van der Waals surface area contributed by atoms with E-state index in [2.05, 4.69) is 109 Å². The molecule has 0 aliphatic heterocycles. The van der Waals surface area contributed by atoms with Gasteiger partial charge < -0.3 is 27.5 Å². The second kappa shape index (κ2) is 18.2. The summed E-state index contributed by atoms with van der Waals surface area (Å²) < 4.78 is 38.8. The molecule has 0 N–H and O–H groups in total. The lowest BCUT2D eigenvalue weighted by atomic mass is 9.80. The molecule has 2 rings (SSSR count). The molecule has 1 aliphatic carbocycles. The summed E-state index contributed by atoms with van der Waals surface area (Å²) in [6.45, 7) is 37.2. The molecule has 1 aromatic carbocycles. The largest absolute Gasteiger partial charge is 0.497 e. The first-order chi connectivity index (χ1) is 23.2. The molecule has 6 atom stereocenters. The number of carbonyl (C=O) groups excluding carboxylic acids is 1. The van der Waals surface area contributed by atoms with Gasteiger partial charge in [0.05, 0.1) is 32.0 Å². The Hall–Kier alpha value is -0.859. The molecule has 0 heterocycles. The predicted octanol–water partition coefficient (Wildman–Crippen LogP) is 11.2. The first-order valence-electron chi connectivity index (χ1n) is 19.5. The number of carbonyl (C=O) groups is 1. The topological polar surface area (TPSA) is 72.5 Å². The van der Waals surface area contributed by atoms with Gasteiger partial charge in [-0.15, -0.1) is 0 Å². The van der Waals surface area contributed by atoms with Crippen molar-refractivity contribution in [3.05, 3.63) is 29.8 Å². The van der Waals surface area contributed by atoms with Gasteiger partial charge in [0, 0.05) is 26.1 Å². The van der Waals surface area contributed by atoms with E-state index >= 15 is 0 Å². The van der Waals surface area contributed by atoms with Crippen molar-refractivity contribution in [2.24, 2.45) is 11.8 Å². The van der Waals surface area contributed by atoms with Gasteiger partial charge in [-0.1, -0.05) is 81.4 Å². The van der Waals surface area contributed by atoms with E-state index in [1.54, 1.807) is 14.2 Å². The molecule has 0 radical (unpaired) electrons. The number of ether oxygens (including phenoxy) is 3. The molecular weight excluding hydrogens is 689 g/mol.